The normalized spacial score (nSPS) is 16.4. The molecule has 1 saturated carbocycles. The van der Waals surface area contributed by atoms with E-state index in [1.165, 1.54) is 12.8 Å². The second-order valence-electron chi connectivity index (χ2n) is 5.77. The molecule has 3 rings (SSSR count). The van der Waals surface area contributed by atoms with E-state index < -0.39 is 6.10 Å². The van der Waals surface area contributed by atoms with Crippen molar-refractivity contribution in [3.05, 3.63) is 42.5 Å². The summed E-state index contributed by atoms with van der Waals surface area (Å²) in [4.78, 5) is 12.0. The highest BCUT2D eigenvalue weighted by Gasteiger charge is 2.25. The average Bonchev–Trinajstić information content (AvgIpc) is 3.37. The number of nitrogens with one attached hydrogen (secondary N) is 1. The van der Waals surface area contributed by atoms with Gasteiger partial charge in [0.1, 0.15) is 5.75 Å². The Balaban J connectivity index is 1.62. The molecule has 4 heteroatoms. The summed E-state index contributed by atoms with van der Waals surface area (Å²) in [5.41, 5.74) is 3.58. The summed E-state index contributed by atoms with van der Waals surface area (Å²) >= 11 is 0. The molecule has 0 radical (unpaired) electrons. The third-order valence-electron chi connectivity index (χ3n) is 3.91. The number of hydrogen-bond acceptors (Lipinski definition) is 3. The molecule has 1 aliphatic carbocycles. The monoisotopic (exact) mass is 296 g/mol. The van der Waals surface area contributed by atoms with Crippen molar-refractivity contribution in [2.45, 2.75) is 32.8 Å². The number of nitrogens with zero attached hydrogens (tertiary/aromatic N) is 1. The first-order valence-electron chi connectivity index (χ1n) is 7.63. The molecule has 22 heavy (non-hydrogen) atoms. The van der Waals surface area contributed by atoms with Gasteiger partial charge in [0.05, 0.1) is 0 Å². The maximum absolute atomic E-state index is 12.0. The fourth-order valence-electron chi connectivity index (χ4n) is 2.32. The van der Waals surface area contributed by atoms with Crippen molar-refractivity contribution in [1.29, 1.82) is 0 Å². The van der Waals surface area contributed by atoms with Gasteiger partial charge in [-0.1, -0.05) is 30.3 Å². The van der Waals surface area contributed by atoms with Crippen molar-refractivity contribution in [1.82, 2.24) is 5.43 Å². The van der Waals surface area contributed by atoms with Gasteiger partial charge in [-0.25, -0.2) is 5.43 Å². The smallest absolute Gasteiger partial charge is 0.280 e. The van der Waals surface area contributed by atoms with Crippen LogP contribution in [-0.2, 0) is 4.79 Å². The van der Waals surface area contributed by atoms with E-state index in [9.17, 15) is 4.79 Å². The first-order chi connectivity index (χ1) is 10.6. The van der Waals surface area contributed by atoms with Gasteiger partial charge in [0.25, 0.3) is 5.91 Å². The van der Waals surface area contributed by atoms with E-state index in [4.69, 9.17) is 4.74 Å². The topological polar surface area (TPSA) is 50.7 Å². The average molecular weight is 296 g/mol. The van der Waals surface area contributed by atoms with E-state index >= 15 is 0 Å². The summed E-state index contributed by atoms with van der Waals surface area (Å²) in [7, 11) is 0. The molecule has 1 fully saturated rings. The maximum atomic E-state index is 12.0. The predicted molar refractivity (Wildman–Crippen MR) is 88.0 cm³/mol. The van der Waals surface area contributed by atoms with Crippen LogP contribution in [0, 0.1) is 5.92 Å². The van der Waals surface area contributed by atoms with Gasteiger partial charge < -0.3 is 4.74 Å². The fraction of sp³-hybridized carbons (Fsp3) is 0.333. The molecule has 0 aliphatic heterocycles. The van der Waals surface area contributed by atoms with Crippen LogP contribution in [0.25, 0.3) is 10.8 Å². The zero-order valence-electron chi connectivity index (χ0n) is 12.9. The molecular weight excluding hydrogens is 276 g/mol. The summed E-state index contributed by atoms with van der Waals surface area (Å²) in [6.07, 6.45) is 1.76. The Labute approximate surface area is 130 Å². The molecule has 0 saturated heterocycles. The lowest BCUT2D eigenvalue weighted by Gasteiger charge is -2.13. The summed E-state index contributed by atoms with van der Waals surface area (Å²) < 4.78 is 5.71. The zero-order valence-corrected chi connectivity index (χ0v) is 12.9. The van der Waals surface area contributed by atoms with Crippen molar-refractivity contribution < 1.29 is 9.53 Å². The number of hydrazone groups is 1. The van der Waals surface area contributed by atoms with Crippen LogP contribution < -0.4 is 10.2 Å². The van der Waals surface area contributed by atoms with E-state index in [0.29, 0.717) is 11.7 Å². The van der Waals surface area contributed by atoms with Crippen LogP contribution >= 0.6 is 0 Å². The van der Waals surface area contributed by atoms with E-state index in [1.807, 2.05) is 49.4 Å². The van der Waals surface area contributed by atoms with Gasteiger partial charge in [0.2, 0.25) is 0 Å². The lowest BCUT2D eigenvalue weighted by molar-refractivity contribution is -0.127. The Kier molecular flexibility index (Phi) is 4.09. The predicted octanol–water partition coefficient (Wildman–Crippen LogP) is 3.51. The van der Waals surface area contributed by atoms with Crippen molar-refractivity contribution in [2.75, 3.05) is 0 Å². The van der Waals surface area contributed by atoms with Gasteiger partial charge in [-0.05, 0) is 55.5 Å². The summed E-state index contributed by atoms with van der Waals surface area (Å²) in [5, 5.41) is 6.38. The quantitative estimate of drug-likeness (QED) is 0.678. The van der Waals surface area contributed by atoms with Crippen LogP contribution in [-0.4, -0.2) is 17.7 Å². The second-order valence-corrected chi connectivity index (χ2v) is 5.77. The first-order valence-corrected chi connectivity index (χ1v) is 7.63. The van der Waals surface area contributed by atoms with Crippen LogP contribution in [0.1, 0.15) is 26.7 Å². The molecule has 0 bridgehead atoms. The molecule has 0 heterocycles. The number of fused-ring (bicyclic) bond motifs is 1. The number of carbonyl (C=O) groups excluding carboxylic acids is 1. The van der Waals surface area contributed by atoms with Gasteiger partial charge >= 0.3 is 0 Å². The number of carbonyl (C=O) groups is 1. The Morgan fingerprint density at radius 1 is 1.23 bits per heavy atom. The van der Waals surface area contributed by atoms with Crippen molar-refractivity contribution in [2.24, 2.45) is 11.0 Å². The highest BCUT2D eigenvalue weighted by Crippen LogP contribution is 2.30. The Morgan fingerprint density at radius 2 is 1.95 bits per heavy atom. The minimum Gasteiger partial charge on any atom is -0.481 e. The molecular formula is C18H20N2O2. The Bertz CT molecular complexity index is 720. The van der Waals surface area contributed by atoms with Crippen LogP contribution in [0.15, 0.2) is 47.6 Å². The van der Waals surface area contributed by atoms with E-state index in [1.54, 1.807) is 6.92 Å². The molecule has 1 unspecified atom stereocenters. The third kappa shape index (κ3) is 3.45. The molecule has 1 N–H and O–H groups in total. The van der Waals surface area contributed by atoms with Crippen molar-refractivity contribution in [3.63, 3.8) is 0 Å². The molecule has 1 amide bonds. The molecule has 2 aromatic rings. The Hall–Kier alpha value is -2.36. The number of benzene rings is 2. The van der Waals surface area contributed by atoms with E-state index in [-0.39, 0.29) is 5.91 Å². The largest absolute Gasteiger partial charge is 0.481 e. The lowest BCUT2D eigenvalue weighted by Crippen LogP contribution is -2.34. The lowest BCUT2D eigenvalue weighted by atomic mass is 10.1. The molecule has 4 nitrogen and oxygen atoms in total. The summed E-state index contributed by atoms with van der Waals surface area (Å²) in [6.45, 7) is 3.68. The first kappa shape index (κ1) is 14.6. The molecule has 1 atom stereocenters. The van der Waals surface area contributed by atoms with Crippen molar-refractivity contribution >= 4 is 22.4 Å². The number of amides is 1. The molecule has 0 spiro atoms. The highest BCUT2D eigenvalue weighted by atomic mass is 16.5. The SMILES string of the molecule is CC(=NNC(=O)C(C)Oc1ccc2ccccc2c1)C1CC1. The van der Waals surface area contributed by atoms with Crippen LogP contribution in [0.4, 0.5) is 0 Å². The van der Waals surface area contributed by atoms with Gasteiger partial charge in [0, 0.05) is 5.71 Å². The Morgan fingerprint density at radius 3 is 2.68 bits per heavy atom. The van der Waals surface area contributed by atoms with Crippen LogP contribution in [0.2, 0.25) is 0 Å². The minimum absolute atomic E-state index is 0.229. The van der Waals surface area contributed by atoms with E-state index in [0.717, 1.165) is 16.5 Å². The number of rotatable bonds is 5. The standard InChI is InChI=1S/C18H20N2O2/c1-12(14-7-8-14)19-20-18(21)13(2)22-17-10-9-15-5-3-4-6-16(15)11-17/h3-6,9-11,13-14H,7-8H2,1-2H3,(H,20,21). The van der Waals surface area contributed by atoms with Gasteiger partial charge in [-0.15, -0.1) is 0 Å². The van der Waals surface area contributed by atoms with Crippen LogP contribution in [0.5, 0.6) is 5.75 Å². The molecule has 0 aromatic heterocycles. The third-order valence-corrected chi connectivity index (χ3v) is 3.91. The summed E-state index contributed by atoms with van der Waals surface area (Å²) in [6, 6.07) is 13.9. The maximum Gasteiger partial charge on any atom is 0.280 e. The zero-order chi connectivity index (χ0) is 15.5. The van der Waals surface area contributed by atoms with Gasteiger partial charge in [-0.3, -0.25) is 4.79 Å². The fourth-order valence-corrected chi connectivity index (χ4v) is 2.32. The summed E-state index contributed by atoms with van der Waals surface area (Å²) in [5.74, 6) is 1.01. The minimum atomic E-state index is -0.586. The second kappa shape index (κ2) is 6.18. The van der Waals surface area contributed by atoms with Gasteiger partial charge in [0.15, 0.2) is 6.10 Å². The number of hydrogen-bond donors (Lipinski definition) is 1. The number of ether oxygens (including phenoxy) is 1. The molecule has 1 aliphatic rings. The highest BCUT2D eigenvalue weighted by molar-refractivity contribution is 5.89. The molecule has 114 valence electrons. The van der Waals surface area contributed by atoms with Crippen molar-refractivity contribution in [3.8, 4) is 5.75 Å². The van der Waals surface area contributed by atoms with E-state index in [2.05, 4.69) is 10.5 Å². The van der Waals surface area contributed by atoms with Crippen LogP contribution in [0.3, 0.4) is 0 Å². The van der Waals surface area contributed by atoms with Gasteiger partial charge in [-0.2, -0.15) is 5.10 Å². The molecule has 2 aromatic carbocycles.